The minimum absolute atomic E-state index is 0.123. The monoisotopic (exact) mass is 403 g/mol. The van der Waals surface area contributed by atoms with E-state index >= 15 is 0 Å². The first-order valence-corrected chi connectivity index (χ1v) is 9.90. The Hall–Kier alpha value is -3.68. The molecular weight excluding hydrogens is 382 g/mol. The van der Waals surface area contributed by atoms with Gasteiger partial charge >= 0.3 is 0 Å². The number of ketones is 1. The van der Waals surface area contributed by atoms with Crippen LogP contribution >= 0.6 is 0 Å². The molecule has 5 rings (SSSR count). The van der Waals surface area contributed by atoms with Crippen LogP contribution in [0.1, 0.15) is 36.4 Å². The van der Waals surface area contributed by atoms with E-state index in [1.165, 1.54) is 0 Å². The normalized spacial score (nSPS) is 17.8. The Morgan fingerprint density at radius 1 is 1.13 bits per heavy atom. The summed E-state index contributed by atoms with van der Waals surface area (Å²) < 4.78 is 13.2. The average Bonchev–Trinajstić information content (AvgIpc) is 3.25. The number of tetrazole rings is 1. The van der Waals surface area contributed by atoms with Crippen molar-refractivity contribution >= 4 is 11.7 Å². The predicted octanol–water partition coefficient (Wildman–Crippen LogP) is 3.28. The lowest BCUT2D eigenvalue weighted by Crippen LogP contribution is -2.31. The highest BCUT2D eigenvalue weighted by atomic mass is 16.5. The smallest absolute Gasteiger partial charge is 0.248 e. The highest BCUT2D eigenvalue weighted by Crippen LogP contribution is 2.41. The largest absolute Gasteiger partial charge is 0.493 e. The Morgan fingerprint density at radius 2 is 2.00 bits per heavy atom. The van der Waals surface area contributed by atoms with Crippen molar-refractivity contribution in [1.82, 2.24) is 20.2 Å². The fourth-order valence-electron chi connectivity index (χ4n) is 4.04. The summed E-state index contributed by atoms with van der Waals surface area (Å²) in [5.41, 5.74) is 3.56. The second-order valence-electron chi connectivity index (χ2n) is 7.33. The zero-order chi connectivity index (χ0) is 20.5. The number of hydrogen-bond acceptors (Lipinski definition) is 7. The molecule has 30 heavy (non-hydrogen) atoms. The number of anilines is 1. The number of allylic oxidation sites excluding steroid dienone is 2. The van der Waals surface area contributed by atoms with Crippen molar-refractivity contribution < 1.29 is 14.3 Å². The first kappa shape index (κ1) is 18.4. The van der Waals surface area contributed by atoms with Crippen LogP contribution in [0.3, 0.4) is 0 Å². The maximum Gasteiger partial charge on any atom is 0.248 e. The van der Waals surface area contributed by atoms with Gasteiger partial charge in [-0.15, -0.1) is 0 Å². The van der Waals surface area contributed by atoms with Crippen LogP contribution in [0, 0.1) is 0 Å². The number of fused-ring (bicyclic) bond motifs is 1. The highest BCUT2D eigenvalue weighted by molar-refractivity contribution is 5.99. The fraction of sp³-hybridized carbons (Fsp3) is 0.273. The molecule has 3 aromatic rings. The molecule has 2 aliphatic rings. The predicted molar refractivity (Wildman–Crippen MR) is 109 cm³/mol. The third kappa shape index (κ3) is 3.20. The lowest BCUT2D eigenvalue weighted by Gasteiger charge is -2.31. The number of benzene rings is 2. The minimum atomic E-state index is -0.399. The second-order valence-corrected chi connectivity index (χ2v) is 7.33. The summed E-state index contributed by atoms with van der Waals surface area (Å²) in [5.74, 6) is 1.90. The van der Waals surface area contributed by atoms with E-state index < -0.39 is 6.04 Å². The van der Waals surface area contributed by atoms with Crippen molar-refractivity contribution in [3.8, 4) is 11.5 Å². The first-order chi connectivity index (χ1) is 14.7. The van der Waals surface area contributed by atoms with Crippen LogP contribution in [0.4, 0.5) is 5.95 Å². The number of methoxy groups -OCH3 is 1. The van der Waals surface area contributed by atoms with Crippen LogP contribution in [-0.4, -0.2) is 33.1 Å². The molecule has 0 saturated heterocycles. The molecule has 1 N–H and O–H groups in total. The molecule has 0 bridgehead atoms. The number of nitrogens with zero attached hydrogens (tertiary/aromatic N) is 4. The molecule has 0 saturated carbocycles. The van der Waals surface area contributed by atoms with Crippen LogP contribution in [-0.2, 0) is 11.4 Å². The summed E-state index contributed by atoms with van der Waals surface area (Å²) in [6, 6.07) is 15.2. The summed E-state index contributed by atoms with van der Waals surface area (Å²) >= 11 is 0. The number of hydrogen-bond donors (Lipinski definition) is 1. The van der Waals surface area contributed by atoms with Gasteiger partial charge in [0, 0.05) is 17.7 Å². The summed E-state index contributed by atoms with van der Waals surface area (Å²) in [5, 5.41) is 15.2. The van der Waals surface area contributed by atoms with E-state index in [2.05, 4.69) is 20.8 Å². The van der Waals surface area contributed by atoms with E-state index in [0.29, 0.717) is 30.5 Å². The van der Waals surface area contributed by atoms with Gasteiger partial charge in [0.25, 0.3) is 0 Å². The number of rotatable bonds is 5. The van der Waals surface area contributed by atoms with Crippen LogP contribution in [0.2, 0.25) is 0 Å². The molecule has 0 radical (unpaired) electrons. The van der Waals surface area contributed by atoms with Crippen LogP contribution in [0.15, 0.2) is 59.8 Å². The van der Waals surface area contributed by atoms with Gasteiger partial charge in [-0.2, -0.15) is 4.68 Å². The van der Waals surface area contributed by atoms with Gasteiger partial charge in [-0.05, 0) is 46.5 Å². The van der Waals surface area contributed by atoms with E-state index in [0.717, 1.165) is 35.2 Å². The van der Waals surface area contributed by atoms with E-state index in [-0.39, 0.29) is 5.78 Å². The molecule has 8 heteroatoms. The quantitative estimate of drug-likeness (QED) is 0.699. The van der Waals surface area contributed by atoms with Crippen molar-refractivity contribution in [3.63, 3.8) is 0 Å². The number of nitrogens with one attached hydrogen (secondary N) is 1. The summed E-state index contributed by atoms with van der Waals surface area (Å²) in [4.78, 5) is 12.8. The lowest BCUT2D eigenvalue weighted by atomic mass is 9.85. The molecule has 0 unspecified atom stereocenters. The average molecular weight is 403 g/mol. The Morgan fingerprint density at radius 3 is 2.83 bits per heavy atom. The Bertz CT molecular complexity index is 1120. The van der Waals surface area contributed by atoms with Crippen molar-refractivity contribution in [3.05, 3.63) is 70.9 Å². The zero-order valence-electron chi connectivity index (χ0n) is 16.5. The van der Waals surface area contributed by atoms with Gasteiger partial charge < -0.3 is 14.8 Å². The number of carbonyl (C=O) groups excluding carboxylic acids is 1. The molecule has 2 heterocycles. The molecule has 8 nitrogen and oxygen atoms in total. The van der Waals surface area contributed by atoms with Gasteiger partial charge in [0.15, 0.2) is 17.3 Å². The maximum atomic E-state index is 12.8. The van der Waals surface area contributed by atoms with Gasteiger partial charge in [-0.1, -0.05) is 41.5 Å². The topological polar surface area (TPSA) is 91.2 Å². The van der Waals surface area contributed by atoms with Gasteiger partial charge in [-0.3, -0.25) is 4.79 Å². The third-order valence-corrected chi connectivity index (χ3v) is 5.47. The highest BCUT2D eigenvalue weighted by Gasteiger charge is 2.36. The summed E-state index contributed by atoms with van der Waals surface area (Å²) in [6.07, 6.45) is 2.16. The molecule has 152 valence electrons. The van der Waals surface area contributed by atoms with E-state index in [1.807, 2.05) is 48.5 Å². The van der Waals surface area contributed by atoms with Crippen LogP contribution < -0.4 is 14.8 Å². The molecule has 0 fully saturated rings. The van der Waals surface area contributed by atoms with Crippen molar-refractivity contribution in [2.45, 2.75) is 31.9 Å². The molecule has 1 aliphatic heterocycles. The minimum Gasteiger partial charge on any atom is -0.493 e. The summed E-state index contributed by atoms with van der Waals surface area (Å²) in [7, 11) is 1.61. The fourth-order valence-corrected chi connectivity index (χ4v) is 4.04. The zero-order valence-corrected chi connectivity index (χ0v) is 16.5. The van der Waals surface area contributed by atoms with Gasteiger partial charge in [0.1, 0.15) is 12.6 Å². The van der Waals surface area contributed by atoms with Crippen molar-refractivity contribution in [1.29, 1.82) is 0 Å². The van der Waals surface area contributed by atoms with Crippen LogP contribution in [0.5, 0.6) is 11.5 Å². The Kier molecular flexibility index (Phi) is 4.66. The third-order valence-electron chi connectivity index (χ3n) is 5.47. The number of aromatic nitrogens is 4. The Labute approximate surface area is 173 Å². The molecule has 0 amide bonds. The van der Waals surface area contributed by atoms with Gasteiger partial charge in [0.05, 0.1) is 7.11 Å². The Balaban J connectivity index is 1.54. The molecule has 1 aromatic heterocycles. The molecule has 1 atom stereocenters. The number of ether oxygens (including phenoxy) is 2. The lowest BCUT2D eigenvalue weighted by molar-refractivity contribution is -0.116. The van der Waals surface area contributed by atoms with Gasteiger partial charge in [0.2, 0.25) is 5.95 Å². The van der Waals surface area contributed by atoms with Crippen molar-refractivity contribution in [2.24, 2.45) is 0 Å². The molecular formula is C22H21N5O3. The number of Topliss-reactive ketones (excluding diaryl/α,β-unsaturated/α-hetero) is 1. The molecule has 1 aliphatic carbocycles. The SMILES string of the molecule is COc1ccc([C@@H]2C3=C(CCCC3=O)Nc3nnnn32)cc1OCc1ccccc1. The molecule has 0 spiro atoms. The van der Waals surface area contributed by atoms with E-state index in [4.69, 9.17) is 9.47 Å². The van der Waals surface area contributed by atoms with E-state index in [1.54, 1.807) is 11.8 Å². The van der Waals surface area contributed by atoms with Crippen LogP contribution in [0.25, 0.3) is 0 Å². The maximum absolute atomic E-state index is 12.8. The number of carbonyl (C=O) groups is 1. The second kappa shape index (κ2) is 7.62. The first-order valence-electron chi connectivity index (χ1n) is 9.90. The van der Waals surface area contributed by atoms with Crippen molar-refractivity contribution in [2.75, 3.05) is 12.4 Å². The standard InChI is InChI=1S/C22H21N5O3/c1-29-18-11-10-15(12-19(18)30-13-14-6-3-2-4-7-14)21-20-16(8-5-9-17(20)28)23-22-24-25-26-27(21)22/h2-4,6-7,10-12,21H,5,8-9,13H2,1H3,(H,23,24,26)/t21-/m1/s1. The van der Waals surface area contributed by atoms with E-state index in [9.17, 15) is 4.79 Å². The molecule has 2 aromatic carbocycles. The summed E-state index contributed by atoms with van der Waals surface area (Å²) in [6.45, 7) is 0.413. The van der Waals surface area contributed by atoms with Gasteiger partial charge in [-0.25, -0.2) is 0 Å².